The van der Waals surface area contributed by atoms with E-state index >= 15 is 0 Å². The summed E-state index contributed by atoms with van der Waals surface area (Å²) < 4.78 is 18.6. The first-order chi connectivity index (χ1) is 10.1. The molecule has 0 saturated heterocycles. The number of anilines is 1. The summed E-state index contributed by atoms with van der Waals surface area (Å²) in [5.74, 6) is -2.10. The topological polar surface area (TPSA) is 75.1 Å². The summed E-state index contributed by atoms with van der Waals surface area (Å²) in [4.78, 5) is 25.8. The highest BCUT2D eigenvalue weighted by Crippen LogP contribution is 2.24. The molecule has 106 valence electrons. The molecule has 21 heavy (non-hydrogen) atoms. The molecule has 5 nitrogen and oxygen atoms in total. The van der Waals surface area contributed by atoms with E-state index in [2.05, 4.69) is 10.3 Å². The number of oxazole rings is 1. The van der Waals surface area contributed by atoms with Gasteiger partial charge in [0.25, 0.3) is 5.91 Å². The van der Waals surface area contributed by atoms with Crippen LogP contribution in [0.2, 0.25) is 5.02 Å². The van der Waals surface area contributed by atoms with Gasteiger partial charge in [-0.05, 0) is 24.3 Å². The Morgan fingerprint density at radius 3 is 2.76 bits per heavy atom. The Hall–Kier alpha value is -2.60. The second-order valence-electron chi connectivity index (χ2n) is 4.25. The molecule has 0 aliphatic heterocycles. The quantitative estimate of drug-likeness (QED) is 0.763. The van der Waals surface area contributed by atoms with Gasteiger partial charge >= 0.3 is 5.76 Å². The van der Waals surface area contributed by atoms with Crippen LogP contribution in [0, 0.1) is 5.82 Å². The van der Waals surface area contributed by atoms with Gasteiger partial charge in [0.15, 0.2) is 5.58 Å². The molecule has 2 aromatic carbocycles. The fourth-order valence-corrected chi connectivity index (χ4v) is 2.22. The Labute approximate surface area is 122 Å². The highest BCUT2D eigenvalue weighted by molar-refractivity contribution is 6.34. The predicted octanol–water partition coefficient (Wildman–Crippen LogP) is 3.17. The SMILES string of the molecule is O=C(Nc1cccc2[nH]c(=O)oc12)c1c(F)cccc1Cl. The third-order valence-electron chi connectivity index (χ3n) is 2.88. The zero-order chi connectivity index (χ0) is 15.0. The summed E-state index contributed by atoms with van der Waals surface area (Å²) in [6.45, 7) is 0. The van der Waals surface area contributed by atoms with Crippen molar-refractivity contribution in [3.05, 3.63) is 63.4 Å². The number of halogens is 2. The van der Waals surface area contributed by atoms with Crippen LogP contribution in [0.5, 0.6) is 0 Å². The molecule has 0 fully saturated rings. The third kappa shape index (κ3) is 2.41. The Morgan fingerprint density at radius 1 is 1.24 bits per heavy atom. The Morgan fingerprint density at radius 2 is 2.00 bits per heavy atom. The van der Waals surface area contributed by atoms with Crippen molar-refractivity contribution in [2.45, 2.75) is 0 Å². The van der Waals surface area contributed by atoms with Crippen LogP contribution in [0.3, 0.4) is 0 Å². The van der Waals surface area contributed by atoms with Gasteiger partial charge in [0, 0.05) is 0 Å². The zero-order valence-corrected chi connectivity index (χ0v) is 11.2. The van der Waals surface area contributed by atoms with E-state index in [1.54, 1.807) is 12.1 Å². The minimum absolute atomic E-state index is 0.00445. The van der Waals surface area contributed by atoms with Crippen molar-refractivity contribution in [2.75, 3.05) is 5.32 Å². The average molecular weight is 307 g/mol. The largest absolute Gasteiger partial charge is 0.417 e. The normalized spacial score (nSPS) is 10.8. The maximum Gasteiger partial charge on any atom is 0.417 e. The average Bonchev–Trinajstić information content (AvgIpc) is 2.80. The van der Waals surface area contributed by atoms with E-state index in [1.165, 1.54) is 18.2 Å². The van der Waals surface area contributed by atoms with Crippen molar-refractivity contribution < 1.29 is 13.6 Å². The highest BCUT2D eigenvalue weighted by atomic mass is 35.5. The lowest BCUT2D eigenvalue weighted by Gasteiger charge is -2.07. The lowest BCUT2D eigenvalue weighted by atomic mass is 10.2. The molecular formula is C14H8ClFN2O3. The molecule has 3 rings (SSSR count). The van der Waals surface area contributed by atoms with Gasteiger partial charge in [-0.25, -0.2) is 9.18 Å². The number of para-hydroxylation sites is 1. The lowest BCUT2D eigenvalue weighted by molar-refractivity contribution is 0.102. The number of H-pyrrole nitrogens is 1. The van der Waals surface area contributed by atoms with Crippen LogP contribution in [0.1, 0.15) is 10.4 Å². The van der Waals surface area contributed by atoms with Crippen LogP contribution in [0.25, 0.3) is 11.1 Å². The smallest absolute Gasteiger partial charge is 0.406 e. The van der Waals surface area contributed by atoms with E-state index in [0.717, 1.165) is 6.07 Å². The zero-order valence-electron chi connectivity index (χ0n) is 10.4. The van der Waals surface area contributed by atoms with Crippen LogP contribution >= 0.6 is 11.6 Å². The minimum Gasteiger partial charge on any atom is -0.406 e. The van der Waals surface area contributed by atoms with Crippen molar-refractivity contribution >= 4 is 34.3 Å². The molecule has 0 radical (unpaired) electrons. The van der Waals surface area contributed by atoms with E-state index in [9.17, 15) is 14.0 Å². The number of rotatable bonds is 2. The van der Waals surface area contributed by atoms with E-state index in [1.807, 2.05) is 0 Å². The molecule has 0 bridgehead atoms. The molecule has 0 aliphatic rings. The first kappa shape index (κ1) is 13.4. The van der Waals surface area contributed by atoms with Gasteiger partial charge in [0.1, 0.15) is 5.82 Å². The van der Waals surface area contributed by atoms with Gasteiger partial charge in [0.2, 0.25) is 0 Å². The van der Waals surface area contributed by atoms with Crippen molar-refractivity contribution in [1.29, 1.82) is 0 Å². The standard InChI is InChI=1S/C14H8ClFN2O3/c15-7-3-1-4-8(16)11(7)13(19)17-9-5-2-6-10-12(9)21-14(20)18-10/h1-6H,(H,17,19)(H,18,20). The van der Waals surface area contributed by atoms with E-state index in [-0.39, 0.29) is 21.9 Å². The molecule has 0 atom stereocenters. The van der Waals surface area contributed by atoms with Gasteiger partial charge < -0.3 is 9.73 Å². The number of carbonyl (C=O) groups excluding carboxylic acids is 1. The summed E-state index contributed by atoms with van der Waals surface area (Å²) >= 11 is 5.83. The highest BCUT2D eigenvalue weighted by Gasteiger charge is 2.17. The van der Waals surface area contributed by atoms with Crippen molar-refractivity contribution in [3.8, 4) is 0 Å². The summed E-state index contributed by atoms with van der Waals surface area (Å²) in [6, 6.07) is 8.72. The monoisotopic (exact) mass is 306 g/mol. The molecular weight excluding hydrogens is 299 g/mol. The molecule has 2 N–H and O–H groups in total. The second kappa shape index (κ2) is 5.06. The molecule has 0 unspecified atom stereocenters. The molecule has 1 amide bonds. The van der Waals surface area contributed by atoms with E-state index < -0.39 is 17.5 Å². The Kier molecular flexibility index (Phi) is 3.23. The van der Waals surface area contributed by atoms with Crippen LogP contribution in [-0.2, 0) is 0 Å². The maximum absolute atomic E-state index is 13.7. The summed E-state index contributed by atoms with van der Waals surface area (Å²) in [5.41, 5.74) is 0.588. The third-order valence-corrected chi connectivity index (χ3v) is 3.20. The van der Waals surface area contributed by atoms with Crippen molar-refractivity contribution in [1.82, 2.24) is 4.98 Å². The van der Waals surface area contributed by atoms with Gasteiger partial charge in [-0.2, -0.15) is 0 Å². The molecule has 0 spiro atoms. The molecule has 3 aromatic rings. The van der Waals surface area contributed by atoms with Crippen LogP contribution in [0.15, 0.2) is 45.6 Å². The first-order valence-electron chi connectivity index (χ1n) is 5.93. The maximum atomic E-state index is 13.7. The van der Waals surface area contributed by atoms with E-state index in [4.69, 9.17) is 16.0 Å². The van der Waals surface area contributed by atoms with Gasteiger partial charge in [0.05, 0.1) is 21.8 Å². The van der Waals surface area contributed by atoms with Gasteiger partial charge in [-0.3, -0.25) is 9.78 Å². The fraction of sp³-hybridized carbons (Fsp3) is 0. The summed E-state index contributed by atoms with van der Waals surface area (Å²) in [5, 5.41) is 2.48. The number of fused-ring (bicyclic) bond motifs is 1. The van der Waals surface area contributed by atoms with Crippen LogP contribution in [-0.4, -0.2) is 10.9 Å². The fourth-order valence-electron chi connectivity index (χ4n) is 1.97. The lowest BCUT2D eigenvalue weighted by Crippen LogP contribution is -2.14. The Balaban J connectivity index is 2.02. The number of hydrogen-bond acceptors (Lipinski definition) is 3. The van der Waals surface area contributed by atoms with Crippen molar-refractivity contribution in [2.24, 2.45) is 0 Å². The number of nitrogens with one attached hydrogen (secondary N) is 2. The summed E-state index contributed by atoms with van der Waals surface area (Å²) in [7, 11) is 0. The molecule has 0 aliphatic carbocycles. The van der Waals surface area contributed by atoms with Gasteiger partial charge in [-0.1, -0.05) is 23.7 Å². The van der Waals surface area contributed by atoms with Crippen LogP contribution < -0.4 is 11.1 Å². The summed E-state index contributed by atoms with van der Waals surface area (Å²) in [6.07, 6.45) is 0. The molecule has 0 saturated carbocycles. The van der Waals surface area contributed by atoms with Crippen molar-refractivity contribution in [3.63, 3.8) is 0 Å². The van der Waals surface area contributed by atoms with E-state index in [0.29, 0.717) is 5.52 Å². The minimum atomic E-state index is -0.734. The first-order valence-corrected chi connectivity index (χ1v) is 6.31. The number of carbonyl (C=O) groups is 1. The number of benzene rings is 2. The van der Waals surface area contributed by atoms with Crippen LogP contribution in [0.4, 0.5) is 10.1 Å². The van der Waals surface area contributed by atoms with Gasteiger partial charge in [-0.15, -0.1) is 0 Å². The Bertz CT molecular complexity index is 880. The number of hydrogen-bond donors (Lipinski definition) is 2. The number of aromatic amines is 1. The molecule has 7 heteroatoms. The number of amides is 1. The number of aromatic nitrogens is 1. The predicted molar refractivity (Wildman–Crippen MR) is 76.2 cm³/mol. The second-order valence-corrected chi connectivity index (χ2v) is 4.65. The molecule has 1 aromatic heterocycles. The molecule has 1 heterocycles.